The number of unbranched alkanes of at least 4 members (excludes halogenated alkanes) is 37. The largest absolute Gasteiger partial charge is 0.127 e. The van der Waals surface area contributed by atoms with Gasteiger partial charge >= 0.3 is 0 Å². The van der Waals surface area contributed by atoms with E-state index in [9.17, 15) is 0 Å². The van der Waals surface area contributed by atoms with Gasteiger partial charge in [0.2, 0.25) is 0 Å². The molecule has 0 fully saturated rings. The Morgan fingerprint density at radius 2 is 0.310 bits per heavy atom. The minimum Gasteiger partial charge on any atom is -0.127 e. The van der Waals surface area contributed by atoms with Gasteiger partial charge in [-0.3, -0.25) is 0 Å². The van der Waals surface area contributed by atoms with E-state index in [1.165, 1.54) is 248 Å². The topological polar surface area (TPSA) is 0 Å². The fraction of sp³-hybridized carbons (Fsp3) is 1.00. The molecule has 0 spiro atoms. The minimum absolute atomic E-state index is 0.847. The standard InChI is InChI=1S/C40H80ClI/c41-39-37-35-33-31-29-27-25-23-21-19-17-15-13-11-9-7-5-3-1-2-4-6-8-10-12-14-16-18-20-22-24-26-28-30-32-34-36-38-40-42/h1-40H2. The molecule has 254 valence electrons. The lowest BCUT2D eigenvalue weighted by molar-refractivity contribution is 0.510. The van der Waals surface area contributed by atoms with Crippen LogP contribution in [-0.2, 0) is 0 Å². The van der Waals surface area contributed by atoms with Crippen molar-refractivity contribution in [2.24, 2.45) is 0 Å². The van der Waals surface area contributed by atoms with Crippen molar-refractivity contribution < 1.29 is 0 Å². The molecule has 2 heteroatoms. The first-order valence-electron chi connectivity index (χ1n) is 20.0. The molecule has 0 aromatic carbocycles. The van der Waals surface area contributed by atoms with Crippen LogP contribution in [0.3, 0.4) is 0 Å². The Morgan fingerprint density at radius 3 is 0.429 bits per heavy atom. The van der Waals surface area contributed by atoms with Crippen molar-refractivity contribution in [2.75, 3.05) is 10.3 Å². The fourth-order valence-electron chi connectivity index (χ4n) is 6.55. The average Bonchev–Trinajstić information content (AvgIpc) is 3.00. The molecule has 0 amide bonds. The molecule has 0 nitrogen and oxygen atoms in total. The molecule has 0 saturated carbocycles. The molecule has 0 bridgehead atoms. The normalized spacial score (nSPS) is 11.6. The van der Waals surface area contributed by atoms with Crippen molar-refractivity contribution in [2.45, 2.75) is 244 Å². The van der Waals surface area contributed by atoms with Crippen molar-refractivity contribution >= 4 is 34.2 Å². The van der Waals surface area contributed by atoms with Crippen LogP contribution in [0.15, 0.2) is 0 Å². The smallest absolute Gasteiger partial charge is 0.0223 e. The van der Waals surface area contributed by atoms with Crippen LogP contribution < -0.4 is 0 Å². The second-order valence-corrected chi connectivity index (χ2v) is 15.3. The lowest BCUT2D eigenvalue weighted by Gasteiger charge is -2.05. The zero-order valence-corrected chi connectivity index (χ0v) is 32.0. The maximum atomic E-state index is 5.73. The van der Waals surface area contributed by atoms with Crippen LogP contribution in [0.2, 0.25) is 0 Å². The molecule has 0 radical (unpaired) electrons. The highest BCUT2D eigenvalue weighted by atomic mass is 127. The molecule has 0 aliphatic carbocycles. The van der Waals surface area contributed by atoms with Gasteiger partial charge in [0.15, 0.2) is 0 Å². The number of hydrogen-bond donors (Lipinski definition) is 0. The highest BCUT2D eigenvalue weighted by Gasteiger charge is 1.98. The summed E-state index contributed by atoms with van der Waals surface area (Å²) in [6, 6.07) is 0. The van der Waals surface area contributed by atoms with E-state index in [2.05, 4.69) is 22.6 Å². The van der Waals surface area contributed by atoms with E-state index < -0.39 is 0 Å². The Hall–Kier alpha value is 1.02. The third-order valence-electron chi connectivity index (χ3n) is 9.52. The summed E-state index contributed by atoms with van der Waals surface area (Å²) in [6.45, 7) is 0. The molecule has 0 aromatic heterocycles. The zero-order chi connectivity index (χ0) is 30.3. The summed E-state index contributed by atoms with van der Waals surface area (Å²) in [4.78, 5) is 0. The first-order valence-corrected chi connectivity index (χ1v) is 22.1. The molecule has 0 unspecified atom stereocenters. The molecular formula is C40H80ClI. The van der Waals surface area contributed by atoms with E-state index in [-0.39, 0.29) is 0 Å². The summed E-state index contributed by atoms with van der Waals surface area (Å²) in [5, 5.41) is 0. The van der Waals surface area contributed by atoms with Gasteiger partial charge in [-0.15, -0.1) is 11.6 Å². The van der Waals surface area contributed by atoms with Crippen molar-refractivity contribution in [3.8, 4) is 0 Å². The van der Waals surface area contributed by atoms with Gasteiger partial charge in [-0.1, -0.05) is 254 Å². The van der Waals surface area contributed by atoms with Crippen molar-refractivity contribution in [3.63, 3.8) is 0 Å². The van der Waals surface area contributed by atoms with Gasteiger partial charge in [-0.25, -0.2) is 0 Å². The van der Waals surface area contributed by atoms with Gasteiger partial charge < -0.3 is 0 Å². The third kappa shape index (κ3) is 41.0. The predicted molar refractivity (Wildman–Crippen MR) is 205 cm³/mol. The molecule has 0 saturated heterocycles. The van der Waals surface area contributed by atoms with Crippen molar-refractivity contribution in [1.82, 2.24) is 0 Å². The minimum atomic E-state index is 0.847. The van der Waals surface area contributed by atoms with Crippen LogP contribution in [-0.4, -0.2) is 10.3 Å². The third-order valence-corrected chi connectivity index (χ3v) is 10.5. The van der Waals surface area contributed by atoms with Crippen molar-refractivity contribution in [1.29, 1.82) is 0 Å². The van der Waals surface area contributed by atoms with E-state index >= 15 is 0 Å². The molecule has 42 heavy (non-hydrogen) atoms. The van der Waals surface area contributed by atoms with E-state index in [4.69, 9.17) is 11.6 Å². The van der Waals surface area contributed by atoms with Gasteiger partial charge in [0, 0.05) is 5.88 Å². The molecular weight excluding hydrogens is 643 g/mol. The van der Waals surface area contributed by atoms with Crippen LogP contribution in [0.5, 0.6) is 0 Å². The van der Waals surface area contributed by atoms with Crippen molar-refractivity contribution in [3.05, 3.63) is 0 Å². The molecule has 0 aromatic rings. The van der Waals surface area contributed by atoms with Crippen LogP contribution in [0.4, 0.5) is 0 Å². The lowest BCUT2D eigenvalue weighted by Crippen LogP contribution is -1.85. The fourth-order valence-corrected chi connectivity index (χ4v) is 7.28. The first kappa shape index (κ1) is 43.0. The molecule has 0 heterocycles. The summed E-state index contributed by atoms with van der Waals surface area (Å²) in [6.07, 6.45) is 55.8. The Bertz CT molecular complexity index is 399. The van der Waals surface area contributed by atoms with E-state index in [0.717, 1.165) is 5.88 Å². The number of halogens is 2. The number of rotatable bonds is 39. The average molecular weight is 723 g/mol. The highest BCUT2D eigenvalue weighted by Crippen LogP contribution is 2.17. The maximum Gasteiger partial charge on any atom is 0.0223 e. The Morgan fingerprint density at radius 1 is 0.190 bits per heavy atom. The second kappa shape index (κ2) is 42.0. The molecule has 0 aliphatic rings. The zero-order valence-electron chi connectivity index (χ0n) is 29.0. The number of hydrogen-bond acceptors (Lipinski definition) is 0. The Kier molecular flexibility index (Phi) is 43.0. The summed E-state index contributed by atoms with van der Waals surface area (Å²) in [5.74, 6) is 0.847. The van der Waals surface area contributed by atoms with Gasteiger partial charge in [0.05, 0.1) is 0 Å². The first-order chi connectivity index (χ1) is 20.9. The lowest BCUT2D eigenvalue weighted by atomic mass is 10.0. The van der Waals surface area contributed by atoms with E-state index in [1.807, 2.05) is 0 Å². The summed E-state index contributed by atoms with van der Waals surface area (Å²) < 4.78 is 1.34. The summed E-state index contributed by atoms with van der Waals surface area (Å²) in [5.41, 5.74) is 0. The van der Waals surface area contributed by atoms with Crippen LogP contribution in [0.25, 0.3) is 0 Å². The van der Waals surface area contributed by atoms with Crippen LogP contribution in [0.1, 0.15) is 244 Å². The monoisotopic (exact) mass is 722 g/mol. The van der Waals surface area contributed by atoms with Crippen LogP contribution in [0, 0.1) is 0 Å². The quantitative estimate of drug-likeness (QED) is 0.0337. The predicted octanol–water partition coefficient (Wildman–Crippen LogP) is 16.5. The molecule has 0 rings (SSSR count). The molecule has 0 N–H and O–H groups in total. The SMILES string of the molecule is ClCCCCCCCCCCCCCCCCCCCCCCCCCCCCCCCCCCCCCCCCI. The van der Waals surface area contributed by atoms with E-state index in [0.29, 0.717) is 0 Å². The molecule has 0 atom stereocenters. The summed E-state index contributed by atoms with van der Waals surface area (Å²) in [7, 11) is 0. The van der Waals surface area contributed by atoms with Gasteiger partial charge in [0.1, 0.15) is 0 Å². The van der Waals surface area contributed by atoms with Gasteiger partial charge in [-0.2, -0.15) is 0 Å². The summed E-state index contributed by atoms with van der Waals surface area (Å²) >= 11 is 8.24. The Balaban J connectivity index is 3.02. The Labute approximate surface area is 287 Å². The van der Waals surface area contributed by atoms with Crippen LogP contribution >= 0.6 is 34.2 Å². The second-order valence-electron chi connectivity index (χ2n) is 13.8. The number of alkyl halides is 2. The molecule has 0 aliphatic heterocycles. The van der Waals surface area contributed by atoms with Gasteiger partial charge in [0.25, 0.3) is 0 Å². The van der Waals surface area contributed by atoms with E-state index in [1.54, 1.807) is 0 Å². The maximum absolute atomic E-state index is 5.73. The highest BCUT2D eigenvalue weighted by molar-refractivity contribution is 14.1. The van der Waals surface area contributed by atoms with Gasteiger partial charge in [-0.05, 0) is 17.3 Å².